The first-order chi connectivity index (χ1) is 12.7. The first-order valence-corrected chi connectivity index (χ1v) is 10.5. The molecular weight excluding hydrogens is 362 g/mol. The zero-order chi connectivity index (χ0) is 20.0. The average Bonchev–Trinajstić information content (AvgIpc) is 2.61. The Labute approximate surface area is 161 Å². The van der Waals surface area contributed by atoms with Crippen LogP contribution in [-0.2, 0) is 19.6 Å². The van der Waals surface area contributed by atoms with Crippen molar-refractivity contribution >= 4 is 21.6 Å². The maximum Gasteiger partial charge on any atom is 0.243 e. The average molecular weight is 390 g/mol. The van der Waals surface area contributed by atoms with E-state index in [0.717, 1.165) is 11.1 Å². The molecule has 27 heavy (non-hydrogen) atoms. The van der Waals surface area contributed by atoms with Gasteiger partial charge in [0, 0.05) is 32.4 Å². The second-order valence-corrected chi connectivity index (χ2v) is 9.08. The van der Waals surface area contributed by atoms with Crippen LogP contribution in [0.2, 0.25) is 0 Å². The van der Waals surface area contributed by atoms with Crippen molar-refractivity contribution in [2.24, 2.45) is 0 Å². The molecule has 0 spiro atoms. The lowest BCUT2D eigenvalue weighted by atomic mass is 9.98. The molecule has 0 saturated heterocycles. The van der Waals surface area contributed by atoms with E-state index in [1.165, 1.54) is 11.2 Å². The fourth-order valence-corrected chi connectivity index (χ4v) is 4.37. The van der Waals surface area contributed by atoms with Crippen LogP contribution in [0.4, 0.5) is 0 Å². The van der Waals surface area contributed by atoms with Crippen molar-refractivity contribution in [1.29, 1.82) is 0 Å². The Bertz CT molecular complexity index is 851. The Hall–Kier alpha value is -2.05. The number of rotatable bonds is 9. The van der Waals surface area contributed by atoms with Crippen LogP contribution in [0.3, 0.4) is 0 Å². The minimum atomic E-state index is -3.70. The third-order valence-corrected chi connectivity index (χ3v) is 6.42. The molecule has 5 nitrogen and oxygen atoms in total. The summed E-state index contributed by atoms with van der Waals surface area (Å²) in [6.07, 6.45) is 4.05. The molecule has 1 aromatic rings. The molecule has 2 rings (SSSR count). The minimum absolute atomic E-state index is 0.0533. The van der Waals surface area contributed by atoms with Crippen molar-refractivity contribution in [3.8, 4) is 0 Å². The third kappa shape index (κ3) is 6.26. The Morgan fingerprint density at radius 2 is 1.81 bits per heavy atom. The number of ketones is 2. The summed E-state index contributed by atoms with van der Waals surface area (Å²) in [7, 11) is -3.70. The number of carbonyl (C=O) groups excluding carboxylic acids is 2. The molecule has 0 unspecified atom stereocenters. The summed E-state index contributed by atoms with van der Waals surface area (Å²) in [6.45, 7) is 7.78. The fourth-order valence-electron chi connectivity index (χ4n) is 2.90. The summed E-state index contributed by atoms with van der Waals surface area (Å²) in [6, 6.07) is 6.76. The van der Waals surface area contributed by atoms with Gasteiger partial charge in [-0.15, -0.1) is 0 Å². The van der Waals surface area contributed by atoms with Gasteiger partial charge in [0.2, 0.25) is 10.0 Å². The van der Waals surface area contributed by atoms with Crippen molar-refractivity contribution in [2.75, 3.05) is 13.1 Å². The lowest BCUT2D eigenvalue weighted by Crippen LogP contribution is -2.35. The van der Waals surface area contributed by atoms with Gasteiger partial charge in [0.05, 0.1) is 4.90 Å². The molecule has 1 aliphatic carbocycles. The van der Waals surface area contributed by atoms with Crippen molar-refractivity contribution < 1.29 is 18.0 Å². The number of allylic oxidation sites excluding steroid dienone is 1. The van der Waals surface area contributed by atoms with Crippen molar-refractivity contribution in [1.82, 2.24) is 4.31 Å². The van der Waals surface area contributed by atoms with Gasteiger partial charge in [0.25, 0.3) is 0 Å². The Morgan fingerprint density at radius 3 is 2.37 bits per heavy atom. The number of carbonyl (C=O) groups is 2. The first kappa shape index (κ1) is 21.3. The van der Waals surface area contributed by atoms with Crippen LogP contribution < -0.4 is 0 Å². The van der Waals surface area contributed by atoms with E-state index in [0.29, 0.717) is 37.7 Å². The van der Waals surface area contributed by atoms with Gasteiger partial charge < -0.3 is 4.79 Å². The van der Waals surface area contributed by atoms with Gasteiger partial charge in [-0.1, -0.05) is 41.5 Å². The Kier molecular flexibility index (Phi) is 7.27. The van der Waals surface area contributed by atoms with E-state index < -0.39 is 10.0 Å². The van der Waals surface area contributed by atoms with Gasteiger partial charge in [-0.05, 0) is 38.8 Å². The zero-order valence-corrected chi connectivity index (χ0v) is 16.8. The molecule has 1 aliphatic rings. The van der Waals surface area contributed by atoms with Crippen LogP contribution in [-0.4, -0.2) is 37.4 Å². The second kappa shape index (κ2) is 9.24. The Balaban J connectivity index is 2.24. The van der Waals surface area contributed by atoms with E-state index in [9.17, 15) is 18.0 Å². The molecule has 0 fully saturated rings. The standard InChI is InChI=1S/C21H27NO4S/c1-16-5-12-21(13-6-16)27(25,26)22(14-17(2)4-7-18(3)23)15-19-8-10-20(24)11-9-19/h5-6,8,12-13H,2,4,7,9-11,14-15H2,1,3H3. The molecule has 0 N–H and O–H groups in total. The predicted octanol–water partition coefficient (Wildman–Crippen LogP) is 3.59. The van der Waals surface area contributed by atoms with Crippen molar-refractivity contribution in [3.63, 3.8) is 0 Å². The van der Waals surface area contributed by atoms with Gasteiger partial charge in [0.1, 0.15) is 11.6 Å². The van der Waals surface area contributed by atoms with Crippen molar-refractivity contribution in [2.45, 2.75) is 50.8 Å². The number of Topliss-reactive ketones (excluding diaryl/α,β-unsaturated/α-hetero) is 2. The summed E-state index contributed by atoms with van der Waals surface area (Å²) in [5, 5.41) is 0. The molecule has 0 saturated carbocycles. The molecule has 6 heteroatoms. The molecule has 1 aromatic carbocycles. The van der Waals surface area contributed by atoms with E-state index in [4.69, 9.17) is 0 Å². The minimum Gasteiger partial charge on any atom is -0.300 e. The summed E-state index contributed by atoms with van der Waals surface area (Å²) < 4.78 is 27.8. The number of nitrogens with zero attached hydrogens (tertiary/aromatic N) is 1. The van der Waals surface area contributed by atoms with Crippen LogP contribution in [0, 0.1) is 6.92 Å². The molecule has 0 radical (unpaired) electrons. The normalized spacial score (nSPS) is 14.9. The molecule has 0 aromatic heterocycles. The van der Waals surface area contributed by atoms with E-state index in [-0.39, 0.29) is 29.6 Å². The second-order valence-electron chi connectivity index (χ2n) is 7.14. The lowest BCUT2D eigenvalue weighted by Gasteiger charge is -2.25. The van der Waals surface area contributed by atoms with Crippen LogP contribution in [0.1, 0.15) is 44.6 Å². The summed E-state index contributed by atoms with van der Waals surface area (Å²) in [5.74, 6) is 0.232. The number of benzene rings is 1. The molecule has 0 heterocycles. The van der Waals surface area contributed by atoms with E-state index in [2.05, 4.69) is 6.58 Å². The summed E-state index contributed by atoms with van der Waals surface area (Å²) >= 11 is 0. The van der Waals surface area contributed by atoms with Gasteiger partial charge in [-0.2, -0.15) is 4.31 Å². The third-order valence-electron chi connectivity index (χ3n) is 4.61. The van der Waals surface area contributed by atoms with Crippen LogP contribution >= 0.6 is 0 Å². The zero-order valence-electron chi connectivity index (χ0n) is 16.0. The maximum atomic E-state index is 13.2. The monoisotopic (exact) mass is 389 g/mol. The highest BCUT2D eigenvalue weighted by atomic mass is 32.2. The van der Waals surface area contributed by atoms with E-state index >= 15 is 0 Å². The quantitative estimate of drug-likeness (QED) is 0.605. The number of aryl methyl sites for hydroxylation is 1. The predicted molar refractivity (Wildman–Crippen MR) is 106 cm³/mol. The first-order valence-electron chi connectivity index (χ1n) is 9.11. The number of hydrogen-bond acceptors (Lipinski definition) is 4. The topological polar surface area (TPSA) is 71.5 Å². The SMILES string of the molecule is C=C(CCC(C)=O)CN(CC1=CCC(=O)CC1)S(=O)(=O)c1ccc(C)cc1. The summed E-state index contributed by atoms with van der Waals surface area (Å²) in [5.41, 5.74) is 2.64. The largest absolute Gasteiger partial charge is 0.300 e. The van der Waals surface area contributed by atoms with Gasteiger partial charge >= 0.3 is 0 Å². The fraction of sp³-hybridized carbons (Fsp3) is 0.429. The van der Waals surface area contributed by atoms with Crippen LogP contribution in [0.5, 0.6) is 0 Å². The van der Waals surface area contributed by atoms with Gasteiger partial charge in [0.15, 0.2) is 0 Å². The number of sulfonamides is 1. The highest BCUT2D eigenvalue weighted by Crippen LogP contribution is 2.23. The molecule has 0 bridgehead atoms. The van der Waals surface area contributed by atoms with Gasteiger partial charge in [-0.25, -0.2) is 8.42 Å². The Morgan fingerprint density at radius 1 is 1.15 bits per heavy atom. The highest BCUT2D eigenvalue weighted by Gasteiger charge is 2.26. The lowest BCUT2D eigenvalue weighted by molar-refractivity contribution is -0.118. The van der Waals surface area contributed by atoms with Gasteiger partial charge in [-0.3, -0.25) is 4.79 Å². The molecule has 146 valence electrons. The van der Waals surface area contributed by atoms with E-state index in [1.807, 2.05) is 13.0 Å². The van der Waals surface area contributed by atoms with Crippen molar-refractivity contribution in [3.05, 3.63) is 53.6 Å². The maximum absolute atomic E-state index is 13.2. The van der Waals surface area contributed by atoms with E-state index in [1.54, 1.807) is 24.3 Å². The summed E-state index contributed by atoms with van der Waals surface area (Å²) in [4.78, 5) is 22.9. The molecule has 0 amide bonds. The molecule has 0 aliphatic heterocycles. The molecular formula is C21H27NO4S. The van der Waals surface area contributed by atoms with Crippen LogP contribution in [0.15, 0.2) is 53.0 Å². The number of hydrogen-bond donors (Lipinski definition) is 0. The highest BCUT2D eigenvalue weighted by molar-refractivity contribution is 7.89. The van der Waals surface area contributed by atoms with Crippen LogP contribution in [0.25, 0.3) is 0 Å². The molecule has 0 atom stereocenters. The smallest absolute Gasteiger partial charge is 0.243 e.